The van der Waals surface area contributed by atoms with Crippen molar-refractivity contribution in [2.75, 3.05) is 11.9 Å². The molecular weight excluding hydrogens is 238 g/mol. The summed E-state index contributed by atoms with van der Waals surface area (Å²) in [6.45, 7) is 2.56. The number of nitrogens with zero attached hydrogens (tertiary/aromatic N) is 2. The molecule has 100 valence electrons. The molecule has 2 N–H and O–H groups in total. The zero-order chi connectivity index (χ0) is 13.5. The van der Waals surface area contributed by atoms with E-state index in [0.29, 0.717) is 6.54 Å². The fraction of sp³-hybridized carbons (Fsp3) is 0.333. The molecule has 0 saturated heterocycles. The van der Waals surface area contributed by atoms with Crippen LogP contribution < -0.4 is 5.32 Å². The van der Waals surface area contributed by atoms with Gasteiger partial charge in [0.15, 0.2) is 0 Å². The van der Waals surface area contributed by atoms with Crippen molar-refractivity contribution in [3.05, 3.63) is 54.0 Å². The van der Waals surface area contributed by atoms with Crippen LogP contribution in [0.5, 0.6) is 0 Å². The largest absolute Gasteiger partial charge is 0.387 e. The van der Waals surface area contributed by atoms with E-state index in [2.05, 4.69) is 22.2 Å². The Labute approximate surface area is 113 Å². The highest BCUT2D eigenvalue weighted by molar-refractivity contribution is 5.35. The molecule has 0 spiro atoms. The van der Waals surface area contributed by atoms with Crippen molar-refractivity contribution in [1.29, 1.82) is 0 Å². The highest BCUT2D eigenvalue weighted by Gasteiger charge is 2.07. The number of aliphatic hydroxyl groups is 1. The zero-order valence-corrected chi connectivity index (χ0v) is 11.1. The molecule has 4 nitrogen and oxygen atoms in total. The van der Waals surface area contributed by atoms with Crippen molar-refractivity contribution in [3.8, 4) is 0 Å². The maximum Gasteiger partial charge on any atom is 0.129 e. The molecule has 2 aromatic rings. The Morgan fingerprint density at radius 3 is 2.74 bits per heavy atom. The average molecular weight is 257 g/mol. The number of hydrogen-bond donors (Lipinski definition) is 2. The number of rotatable bonds is 6. The minimum Gasteiger partial charge on any atom is -0.387 e. The maximum atomic E-state index is 10.0. The second-order valence-corrected chi connectivity index (χ2v) is 4.45. The first-order valence-corrected chi connectivity index (χ1v) is 6.57. The fourth-order valence-electron chi connectivity index (χ4n) is 1.88. The van der Waals surface area contributed by atoms with Gasteiger partial charge in [-0.05, 0) is 12.0 Å². The third kappa shape index (κ3) is 4.03. The molecule has 0 fully saturated rings. The van der Waals surface area contributed by atoms with E-state index in [1.807, 2.05) is 36.4 Å². The molecule has 1 atom stereocenters. The number of aromatic nitrogens is 2. The number of aryl methyl sites for hydroxylation is 1. The lowest BCUT2D eigenvalue weighted by atomic mass is 10.1. The van der Waals surface area contributed by atoms with Crippen molar-refractivity contribution in [2.24, 2.45) is 0 Å². The molecule has 2 rings (SSSR count). The lowest BCUT2D eigenvalue weighted by Crippen LogP contribution is -2.13. The zero-order valence-electron chi connectivity index (χ0n) is 11.1. The number of nitrogens with one attached hydrogen (secondary N) is 1. The predicted molar refractivity (Wildman–Crippen MR) is 75.9 cm³/mol. The van der Waals surface area contributed by atoms with Gasteiger partial charge in [-0.25, -0.2) is 9.97 Å². The van der Waals surface area contributed by atoms with E-state index in [4.69, 9.17) is 0 Å². The monoisotopic (exact) mass is 257 g/mol. The second kappa shape index (κ2) is 6.85. The summed E-state index contributed by atoms with van der Waals surface area (Å²) in [5, 5.41) is 13.2. The van der Waals surface area contributed by atoms with Crippen molar-refractivity contribution in [2.45, 2.75) is 25.9 Å². The summed E-state index contributed by atoms with van der Waals surface area (Å²) in [4.78, 5) is 8.35. The maximum absolute atomic E-state index is 10.0. The second-order valence-electron chi connectivity index (χ2n) is 4.45. The topological polar surface area (TPSA) is 58.0 Å². The molecular formula is C15H19N3O. The average Bonchev–Trinajstić information content (AvgIpc) is 2.46. The standard InChI is InChI=1S/C15H19N3O/c1-2-6-13-9-15(18-11-17-13)16-10-14(19)12-7-4-3-5-8-12/h3-5,7-9,11,14,19H,2,6,10H2,1H3,(H,16,17,18). The molecule has 19 heavy (non-hydrogen) atoms. The summed E-state index contributed by atoms with van der Waals surface area (Å²) in [5.74, 6) is 0.758. The van der Waals surface area contributed by atoms with Gasteiger partial charge in [-0.1, -0.05) is 43.7 Å². The molecule has 1 heterocycles. The normalized spacial score (nSPS) is 12.1. The van der Waals surface area contributed by atoms with Crippen LogP contribution in [-0.2, 0) is 6.42 Å². The Balaban J connectivity index is 1.93. The summed E-state index contributed by atoms with van der Waals surface area (Å²) in [7, 11) is 0. The van der Waals surface area contributed by atoms with Crippen molar-refractivity contribution < 1.29 is 5.11 Å². The molecule has 1 aromatic carbocycles. The van der Waals surface area contributed by atoms with Crippen LogP contribution in [0.3, 0.4) is 0 Å². The molecule has 1 unspecified atom stereocenters. The van der Waals surface area contributed by atoms with Gasteiger partial charge in [0.05, 0.1) is 6.10 Å². The third-order valence-electron chi connectivity index (χ3n) is 2.89. The predicted octanol–water partition coefficient (Wildman–Crippen LogP) is 2.57. The Kier molecular flexibility index (Phi) is 4.86. The van der Waals surface area contributed by atoms with E-state index in [-0.39, 0.29) is 0 Å². The smallest absolute Gasteiger partial charge is 0.129 e. The molecule has 0 aliphatic carbocycles. The summed E-state index contributed by atoms with van der Waals surface area (Å²) >= 11 is 0. The third-order valence-corrected chi connectivity index (χ3v) is 2.89. The first kappa shape index (κ1) is 13.5. The van der Waals surface area contributed by atoms with Gasteiger partial charge in [-0.15, -0.1) is 0 Å². The van der Waals surface area contributed by atoms with Crippen LogP contribution in [-0.4, -0.2) is 21.6 Å². The van der Waals surface area contributed by atoms with Crippen LogP contribution >= 0.6 is 0 Å². The Bertz CT molecular complexity index is 502. The summed E-state index contributed by atoms with van der Waals surface area (Å²) in [5.41, 5.74) is 1.92. The molecule has 1 aromatic heterocycles. The van der Waals surface area contributed by atoms with Crippen LogP contribution in [0.25, 0.3) is 0 Å². The van der Waals surface area contributed by atoms with E-state index in [1.165, 1.54) is 0 Å². The van der Waals surface area contributed by atoms with Crippen molar-refractivity contribution >= 4 is 5.82 Å². The quantitative estimate of drug-likeness (QED) is 0.835. The van der Waals surface area contributed by atoms with Crippen molar-refractivity contribution in [3.63, 3.8) is 0 Å². The van der Waals surface area contributed by atoms with Gasteiger partial charge < -0.3 is 10.4 Å². The lowest BCUT2D eigenvalue weighted by molar-refractivity contribution is 0.191. The molecule has 0 amide bonds. The Morgan fingerprint density at radius 2 is 2.00 bits per heavy atom. The highest BCUT2D eigenvalue weighted by Crippen LogP contribution is 2.13. The Hall–Kier alpha value is -1.94. The van der Waals surface area contributed by atoms with Gasteiger partial charge in [-0.2, -0.15) is 0 Å². The summed E-state index contributed by atoms with van der Waals surface area (Å²) in [6, 6.07) is 11.5. The van der Waals surface area contributed by atoms with E-state index >= 15 is 0 Å². The van der Waals surface area contributed by atoms with Crippen LogP contribution in [0.2, 0.25) is 0 Å². The van der Waals surface area contributed by atoms with Crippen LogP contribution in [0.1, 0.15) is 30.7 Å². The first-order valence-electron chi connectivity index (χ1n) is 6.57. The molecule has 4 heteroatoms. The van der Waals surface area contributed by atoms with Crippen LogP contribution in [0.4, 0.5) is 5.82 Å². The molecule has 0 aliphatic heterocycles. The number of benzene rings is 1. The highest BCUT2D eigenvalue weighted by atomic mass is 16.3. The summed E-state index contributed by atoms with van der Waals surface area (Å²) in [6.07, 6.45) is 3.02. The first-order chi connectivity index (χ1) is 9.29. The van der Waals surface area contributed by atoms with Crippen molar-refractivity contribution in [1.82, 2.24) is 9.97 Å². The molecule has 0 saturated carbocycles. The van der Waals surface area contributed by atoms with Gasteiger partial charge in [0.2, 0.25) is 0 Å². The van der Waals surface area contributed by atoms with Gasteiger partial charge in [0.25, 0.3) is 0 Å². The number of anilines is 1. The summed E-state index contributed by atoms with van der Waals surface area (Å²) < 4.78 is 0. The van der Waals surface area contributed by atoms with Crippen LogP contribution in [0.15, 0.2) is 42.7 Å². The van der Waals surface area contributed by atoms with Gasteiger partial charge in [0, 0.05) is 18.3 Å². The SMILES string of the molecule is CCCc1cc(NCC(O)c2ccccc2)ncn1. The van der Waals surface area contributed by atoms with Gasteiger partial charge >= 0.3 is 0 Å². The minimum absolute atomic E-state index is 0.437. The molecule has 0 aliphatic rings. The van der Waals surface area contributed by atoms with Gasteiger partial charge in [0.1, 0.15) is 12.1 Å². The minimum atomic E-state index is -0.536. The molecule has 0 radical (unpaired) electrons. The van der Waals surface area contributed by atoms with E-state index in [9.17, 15) is 5.11 Å². The number of aliphatic hydroxyl groups excluding tert-OH is 1. The van der Waals surface area contributed by atoms with E-state index in [0.717, 1.165) is 29.9 Å². The Morgan fingerprint density at radius 1 is 1.21 bits per heavy atom. The molecule has 0 bridgehead atoms. The van der Waals surface area contributed by atoms with E-state index < -0.39 is 6.10 Å². The lowest BCUT2D eigenvalue weighted by Gasteiger charge is -2.12. The van der Waals surface area contributed by atoms with E-state index in [1.54, 1.807) is 6.33 Å². The fourth-order valence-corrected chi connectivity index (χ4v) is 1.88. The number of hydrogen-bond acceptors (Lipinski definition) is 4. The van der Waals surface area contributed by atoms with Crippen LogP contribution in [0, 0.1) is 0 Å². The van der Waals surface area contributed by atoms with Gasteiger partial charge in [-0.3, -0.25) is 0 Å².